The van der Waals surface area contributed by atoms with Crippen molar-refractivity contribution in [2.24, 2.45) is 28.6 Å². The molecule has 0 N–H and O–H groups in total. The zero-order valence-corrected chi connectivity index (χ0v) is 15.9. The fraction of sp³-hybridized carbons (Fsp3) is 0.714. The minimum Gasteiger partial charge on any atom is -0.300 e. The van der Waals surface area contributed by atoms with Crippen LogP contribution in [-0.2, 0) is 9.59 Å². The van der Waals surface area contributed by atoms with Crippen LogP contribution < -0.4 is 0 Å². The zero-order chi connectivity index (χ0) is 18.2. The molecule has 0 unspecified atom stereocenters. The van der Waals surface area contributed by atoms with Crippen LogP contribution in [0.3, 0.4) is 0 Å². The molecular formula is C21H26ClFO2. The highest BCUT2D eigenvalue weighted by Gasteiger charge is 2.69. The van der Waals surface area contributed by atoms with Crippen LogP contribution in [0.25, 0.3) is 0 Å². The minimum absolute atomic E-state index is 0.0280. The highest BCUT2D eigenvalue weighted by atomic mass is 35.5. The van der Waals surface area contributed by atoms with Crippen molar-refractivity contribution in [3.8, 4) is 0 Å². The van der Waals surface area contributed by atoms with E-state index in [0.29, 0.717) is 6.42 Å². The number of ketones is 2. The van der Waals surface area contributed by atoms with Gasteiger partial charge in [0, 0.05) is 11.3 Å². The number of alkyl halides is 2. The fourth-order valence-electron chi connectivity index (χ4n) is 6.81. The maximum atomic E-state index is 15.7. The summed E-state index contributed by atoms with van der Waals surface area (Å²) in [4.78, 5) is 23.0. The van der Waals surface area contributed by atoms with Crippen molar-refractivity contribution in [3.63, 3.8) is 0 Å². The van der Waals surface area contributed by atoms with Gasteiger partial charge in [-0.05, 0) is 68.4 Å². The molecule has 7 atom stereocenters. The lowest BCUT2D eigenvalue weighted by Crippen LogP contribution is -2.65. The lowest BCUT2D eigenvalue weighted by molar-refractivity contribution is -0.129. The van der Waals surface area contributed by atoms with E-state index in [0.717, 1.165) is 31.3 Å². The Kier molecular flexibility index (Phi) is 3.69. The first-order valence-electron chi connectivity index (χ1n) is 9.42. The van der Waals surface area contributed by atoms with E-state index in [-0.39, 0.29) is 34.7 Å². The molecule has 4 aliphatic carbocycles. The summed E-state index contributed by atoms with van der Waals surface area (Å²) < 4.78 is 15.7. The first-order valence-corrected chi connectivity index (χ1v) is 9.80. The van der Waals surface area contributed by atoms with E-state index in [2.05, 4.69) is 6.92 Å². The Morgan fingerprint density at radius 3 is 2.64 bits per heavy atom. The molecule has 0 aromatic heterocycles. The molecule has 2 nitrogen and oxygen atoms in total. The Morgan fingerprint density at radius 1 is 1.24 bits per heavy atom. The Hall–Kier alpha value is -0.960. The molecule has 0 spiro atoms. The predicted octanol–water partition coefficient (Wildman–Crippen LogP) is 4.81. The van der Waals surface area contributed by atoms with Crippen LogP contribution in [0.1, 0.15) is 52.9 Å². The Balaban J connectivity index is 1.81. The van der Waals surface area contributed by atoms with Crippen molar-refractivity contribution in [1.29, 1.82) is 0 Å². The van der Waals surface area contributed by atoms with Crippen molar-refractivity contribution in [3.05, 3.63) is 23.8 Å². The molecule has 3 saturated carbocycles. The van der Waals surface area contributed by atoms with Crippen LogP contribution in [0.2, 0.25) is 0 Å². The van der Waals surface area contributed by atoms with Gasteiger partial charge in [0.1, 0.15) is 12.0 Å². The average molecular weight is 365 g/mol. The average Bonchev–Trinajstić information content (AvgIpc) is 2.87. The van der Waals surface area contributed by atoms with Crippen LogP contribution in [0.4, 0.5) is 4.39 Å². The number of carbonyl (C=O) groups is 2. The third-order valence-electron chi connectivity index (χ3n) is 8.09. The summed E-state index contributed by atoms with van der Waals surface area (Å²) in [6.45, 7) is 5.74. The summed E-state index contributed by atoms with van der Waals surface area (Å²) in [6.07, 6.45) is 7.59. The Morgan fingerprint density at radius 2 is 1.96 bits per heavy atom. The van der Waals surface area contributed by atoms with Crippen molar-refractivity contribution < 1.29 is 14.0 Å². The van der Waals surface area contributed by atoms with Crippen molar-refractivity contribution >= 4 is 23.2 Å². The number of Topliss-reactive ketones (excluding diaryl/α,β-unsaturated/α-hetero) is 1. The van der Waals surface area contributed by atoms with Gasteiger partial charge >= 0.3 is 0 Å². The third kappa shape index (κ3) is 2.02. The Bertz CT molecular complexity index is 713. The lowest BCUT2D eigenvalue weighted by atomic mass is 9.46. The summed E-state index contributed by atoms with van der Waals surface area (Å²) in [5.74, 6) is 0.414. The first kappa shape index (κ1) is 17.5. The van der Waals surface area contributed by atoms with Gasteiger partial charge in [0.15, 0.2) is 5.78 Å². The van der Waals surface area contributed by atoms with E-state index in [1.807, 2.05) is 13.0 Å². The number of allylic oxidation sites excluding steroid dienone is 4. The van der Waals surface area contributed by atoms with E-state index in [4.69, 9.17) is 11.6 Å². The second-order valence-electron chi connectivity index (χ2n) is 9.05. The molecule has 4 rings (SSSR count). The number of hydrogen-bond acceptors (Lipinski definition) is 2. The highest BCUT2D eigenvalue weighted by Crippen LogP contribution is 2.70. The van der Waals surface area contributed by atoms with Crippen molar-refractivity contribution in [1.82, 2.24) is 0 Å². The normalized spacial score (nSPS) is 51.4. The van der Waals surface area contributed by atoms with Gasteiger partial charge < -0.3 is 0 Å². The van der Waals surface area contributed by atoms with Gasteiger partial charge in [-0.15, -0.1) is 11.6 Å². The third-order valence-corrected chi connectivity index (χ3v) is 9.00. The predicted molar refractivity (Wildman–Crippen MR) is 96.2 cm³/mol. The van der Waals surface area contributed by atoms with Gasteiger partial charge in [0.25, 0.3) is 0 Å². The van der Waals surface area contributed by atoms with Gasteiger partial charge in [-0.25, -0.2) is 4.39 Å². The first-order chi connectivity index (χ1) is 11.6. The number of fused-ring (bicyclic) bond motifs is 5. The molecule has 0 bridgehead atoms. The topological polar surface area (TPSA) is 34.1 Å². The molecule has 136 valence electrons. The van der Waals surface area contributed by atoms with Gasteiger partial charge in [0.05, 0.1) is 4.87 Å². The van der Waals surface area contributed by atoms with Gasteiger partial charge in [0.2, 0.25) is 0 Å². The number of hydrogen-bond donors (Lipinski definition) is 0. The van der Waals surface area contributed by atoms with Gasteiger partial charge in [-0.2, -0.15) is 0 Å². The summed E-state index contributed by atoms with van der Waals surface area (Å²) in [6, 6.07) is 0. The summed E-state index contributed by atoms with van der Waals surface area (Å²) in [7, 11) is 0. The van der Waals surface area contributed by atoms with Gasteiger partial charge in [-0.1, -0.05) is 25.5 Å². The molecule has 25 heavy (non-hydrogen) atoms. The SMILES string of the molecule is CC(=O)[C@H]1CC[C@H]2[C@@H]3CCC4=CC(=O)C=C[C@]4(C)[C@@]3(Cl)[C@@H](F)C[C@]12C. The number of rotatable bonds is 1. The van der Waals surface area contributed by atoms with Crippen LogP contribution >= 0.6 is 11.6 Å². The van der Waals surface area contributed by atoms with E-state index < -0.39 is 16.5 Å². The second-order valence-corrected chi connectivity index (χ2v) is 9.67. The molecule has 3 fully saturated rings. The fourth-order valence-corrected chi connectivity index (χ4v) is 7.33. The van der Waals surface area contributed by atoms with E-state index in [1.165, 1.54) is 0 Å². The monoisotopic (exact) mass is 364 g/mol. The number of carbonyl (C=O) groups excluding carboxylic acids is 2. The molecule has 0 amide bonds. The maximum absolute atomic E-state index is 15.7. The van der Waals surface area contributed by atoms with E-state index in [9.17, 15) is 9.59 Å². The minimum atomic E-state index is -1.19. The van der Waals surface area contributed by atoms with Crippen molar-refractivity contribution in [2.45, 2.75) is 63.9 Å². The molecular weight excluding hydrogens is 339 g/mol. The zero-order valence-electron chi connectivity index (χ0n) is 15.1. The quantitative estimate of drug-likeness (QED) is 0.626. The largest absolute Gasteiger partial charge is 0.300 e. The second kappa shape index (κ2) is 5.28. The standard InChI is InChI=1S/C21H26ClFO2/c1-12(24)15-6-7-16-17-5-4-13-10-14(25)8-9-20(13,3)21(17,22)18(23)11-19(15,16)2/h8-10,15-18H,4-7,11H2,1-3H3/t15-,16+,17+,18+,19-,20+,21+/m1/s1. The molecule has 0 heterocycles. The number of halogens is 2. The molecule has 0 aromatic rings. The summed E-state index contributed by atoms with van der Waals surface area (Å²) in [5.41, 5.74) is 0.0548. The smallest absolute Gasteiger partial charge is 0.178 e. The van der Waals surface area contributed by atoms with Gasteiger partial charge in [-0.3, -0.25) is 9.59 Å². The van der Waals surface area contributed by atoms with E-state index >= 15 is 4.39 Å². The molecule has 0 aliphatic heterocycles. The molecule has 0 aromatic carbocycles. The molecule has 0 saturated heterocycles. The maximum Gasteiger partial charge on any atom is 0.178 e. The lowest BCUT2D eigenvalue weighted by Gasteiger charge is -2.62. The summed E-state index contributed by atoms with van der Waals surface area (Å²) in [5, 5.41) is 0. The van der Waals surface area contributed by atoms with E-state index in [1.54, 1.807) is 19.1 Å². The summed E-state index contributed by atoms with van der Waals surface area (Å²) >= 11 is 7.18. The molecule has 0 radical (unpaired) electrons. The Labute approximate surface area is 153 Å². The van der Waals surface area contributed by atoms with Crippen LogP contribution in [-0.4, -0.2) is 22.6 Å². The molecule has 4 heteroatoms. The van der Waals surface area contributed by atoms with Crippen LogP contribution in [0.5, 0.6) is 0 Å². The highest BCUT2D eigenvalue weighted by molar-refractivity contribution is 6.26. The van der Waals surface area contributed by atoms with Crippen molar-refractivity contribution in [2.75, 3.05) is 0 Å². The molecule has 4 aliphatic rings. The van der Waals surface area contributed by atoms with Crippen LogP contribution in [0, 0.1) is 28.6 Å². The van der Waals surface area contributed by atoms with Crippen LogP contribution in [0.15, 0.2) is 23.8 Å².